The molecule has 2 aliphatic heterocycles. The van der Waals surface area contributed by atoms with Crippen molar-refractivity contribution in [1.29, 1.82) is 0 Å². The lowest BCUT2D eigenvalue weighted by molar-refractivity contribution is -0.141. The number of allylic oxidation sites excluding steroid dienone is 1. The number of carbonyl (C=O) groups is 1. The van der Waals surface area contributed by atoms with Crippen molar-refractivity contribution in [3.63, 3.8) is 0 Å². The van der Waals surface area contributed by atoms with Gasteiger partial charge >= 0.3 is 0 Å². The number of nitrogens with zero attached hydrogens (tertiary/aromatic N) is 2. The molecule has 0 aromatic carbocycles. The van der Waals surface area contributed by atoms with E-state index < -0.39 is 0 Å². The van der Waals surface area contributed by atoms with Crippen LogP contribution in [0.3, 0.4) is 0 Å². The van der Waals surface area contributed by atoms with Gasteiger partial charge in [0.1, 0.15) is 0 Å². The van der Waals surface area contributed by atoms with Gasteiger partial charge < -0.3 is 14.9 Å². The first-order valence-electron chi connectivity index (χ1n) is 10.4. The van der Waals surface area contributed by atoms with Gasteiger partial charge in [-0.2, -0.15) is 0 Å². The second kappa shape index (κ2) is 8.68. The first kappa shape index (κ1) is 18.9. The number of amides is 1. The lowest BCUT2D eigenvalue weighted by atomic mass is 9.71. The van der Waals surface area contributed by atoms with Crippen molar-refractivity contribution in [2.75, 3.05) is 32.7 Å². The Kier molecular flexibility index (Phi) is 6.56. The van der Waals surface area contributed by atoms with Gasteiger partial charge in [-0.05, 0) is 44.4 Å². The standard InChI is InChI=1S/C21H36N2O2/c1-2-3-10-20(25)23-13-7-12-21(17-23)16-22(14-11-19(21)24)15-18-8-5-4-6-9-18/h2,18-19,24H,1,3-17H2/t19-,21-/m1/s1. The number of aliphatic hydroxyl groups is 1. The maximum atomic E-state index is 12.5. The second-order valence-corrected chi connectivity index (χ2v) is 8.65. The fraction of sp³-hybridized carbons (Fsp3) is 0.857. The van der Waals surface area contributed by atoms with Crippen LogP contribution in [0.1, 0.15) is 64.2 Å². The number of likely N-dealkylation sites (tertiary alicyclic amines) is 2. The third-order valence-corrected chi connectivity index (χ3v) is 6.73. The van der Waals surface area contributed by atoms with Gasteiger partial charge in [0.05, 0.1) is 6.10 Å². The maximum Gasteiger partial charge on any atom is 0.222 e. The maximum absolute atomic E-state index is 12.5. The van der Waals surface area contributed by atoms with Crippen LogP contribution in [0.4, 0.5) is 0 Å². The highest BCUT2D eigenvalue weighted by Gasteiger charge is 2.46. The Morgan fingerprint density at radius 1 is 1.12 bits per heavy atom. The molecule has 1 amide bonds. The third kappa shape index (κ3) is 4.65. The van der Waals surface area contributed by atoms with Crippen LogP contribution in [-0.4, -0.2) is 59.6 Å². The molecule has 0 aromatic rings. The van der Waals surface area contributed by atoms with Gasteiger partial charge in [-0.25, -0.2) is 0 Å². The number of hydrogen-bond acceptors (Lipinski definition) is 3. The first-order chi connectivity index (χ1) is 12.1. The summed E-state index contributed by atoms with van der Waals surface area (Å²) in [6, 6.07) is 0. The topological polar surface area (TPSA) is 43.8 Å². The van der Waals surface area contributed by atoms with Crippen molar-refractivity contribution in [2.24, 2.45) is 11.3 Å². The Bertz CT molecular complexity index is 461. The lowest BCUT2D eigenvalue weighted by Gasteiger charge is -2.51. The Hall–Kier alpha value is -0.870. The Morgan fingerprint density at radius 3 is 2.68 bits per heavy atom. The molecule has 1 spiro atoms. The quantitative estimate of drug-likeness (QED) is 0.776. The van der Waals surface area contributed by atoms with Crippen molar-refractivity contribution >= 4 is 5.91 Å². The van der Waals surface area contributed by atoms with Crippen molar-refractivity contribution in [3.8, 4) is 0 Å². The average molecular weight is 349 g/mol. The number of piperidine rings is 2. The minimum atomic E-state index is -0.259. The summed E-state index contributed by atoms with van der Waals surface area (Å²) in [7, 11) is 0. The highest BCUT2D eigenvalue weighted by Crippen LogP contribution is 2.39. The van der Waals surface area contributed by atoms with Gasteiger partial charge in [-0.15, -0.1) is 6.58 Å². The molecule has 2 heterocycles. The van der Waals surface area contributed by atoms with E-state index in [-0.39, 0.29) is 17.4 Å². The minimum absolute atomic E-state index is 0.102. The number of aliphatic hydroxyl groups excluding tert-OH is 1. The summed E-state index contributed by atoms with van der Waals surface area (Å²) in [6.45, 7) is 8.50. The molecular weight excluding hydrogens is 312 g/mol. The predicted molar refractivity (Wildman–Crippen MR) is 101 cm³/mol. The normalized spacial score (nSPS) is 32.0. The smallest absolute Gasteiger partial charge is 0.222 e. The monoisotopic (exact) mass is 348 g/mol. The van der Waals surface area contributed by atoms with E-state index in [0.717, 1.165) is 57.8 Å². The zero-order valence-corrected chi connectivity index (χ0v) is 15.8. The van der Waals surface area contributed by atoms with Gasteiger partial charge in [0, 0.05) is 44.6 Å². The molecule has 3 fully saturated rings. The molecule has 142 valence electrons. The Labute approximate surface area is 153 Å². The zero-order chi connectivity index (χ0) is 17.7. The zero-order valence-electron chi connectivity index (χ0n) is 15.8. The van der Waals surface area contributed by atoms with Crippen molar-refractivity contribution in [1.82, 2.24) is 9.80 Å². The summed E-state index contributed by atoms with van der Waals surface area (Å²) in [4.78, 5) is 17.1. The number of rotatable bonds is 5. The van der Waals surface area contributed by atoms with E-state index in [1.54, 1.807) is 0 Å². The molecule has 25 heavy (non-hydrogen) atoms. The molecule has 1 N–H and O–H groups in total. The van der Waals surface area contributed by atoms with Gasteiger partial charge in [0.15, 0.2) is 0 Å². The summed E-state index contributed by atoms with van der Waals surface area (Å²) in [5.74, 6) is 1.07. The fourth-order valence-corrected chi connectivity index (χ4v) is 5.29. The highest BCUT2D eigenvalue weighted by atomic mass is 16.3. The van der Waals surface area contributed by atoms with Crippen LogP contribution in [0, 0.1) is 11.3 Å². The van der Waals surface area contributed by atoms with Crippen molar-refractivity contribution in [2.45, 2.75) is 70.3 Å². The number of carbonyl (C=O) groups excluding carboxylic acids is 1. The van der Waals surface area contributed by atoms with E-state index in [9.17, 15) is 9.90 Å². The fourth-order valence-electron chi connectivity index (χ4n) is 5.29. The van der Waals surface area contributed by atoms with Crippen LogP contribution < -0.4 is 0 Å². The molecule has 0 aromatic heterocycles. The SMILES string of the molecule is C=CCCC(=O)N1CCC[C@@]2(CN(CC3CCCCC3)CC[C@H]2O)C1. The second-order valence-electron chi connectivity index (χ2n) is 8.65. The molecule has 0 radical (unpaired) electrons. The molecule has 2 atom stereocenters. The molecule has 3 rings (SSSR count). The summed E-state index contributed by atoms with van der Waals surface area (Å²) in [5.41, 5.74) is -0.102. The Morgan fingerprint density at radius 2 is 1.92 bits per heavy atom. The molecule has 4 heteroatoms. The van der Waals surface area contributed by atoms with E-state index in [4.69, 9.17) is 0 Å². The van der Waals surface area contributed by atoms with Crippen LogP contribution >= 0.6 is 0 Å². The van der Waals surface area contributed by atoms with Gasteiger partial charge in [-0.1, -0.05) is 25.3 Å². The van der Waals surface area contributed by atoms with Gasteiger partial charge in [0.25, 0.3) is 0 Å². The largest absolute Gasteiger partial charge is 0.392 e. The molecule has 1 aliphatic carbocycles. The Balaban J connectivity index is 1.61. The van der Waals surface area contributed by atoms with E-state index >= 15 is 0 Å². The summed E-state index contributed by atoms with van der Waals surface area (Å²) >= 11 is 0. The summed E-state index contributed by atoms with van der Waals surface area (Å²) in [5, 5.41) is 10.8. The van der Waals surface area contributed by atoms with Crippen molar-refractivity contribution < 1.29 is 9.90 Å². The summed E-state index contributed by atoms with van der Waals surface area (Å²) in [6.07, 6.45) is 12.7. The minimum Gasteiger partial charge on any atom is -0.392 e. The van der Waals surface area contributed by atoms with E-state index in [1.807, 2.05) is 11.0 Å². The van der Waals surface area contributed by atoms with Crippen LogP contribution in [0.2, 0.25) is 0 Å². The summed E-state index contributed by atoms with van der Waals surface area (Å²) < 4.78 is 0. The molecule has 2 saturated heterocycles. The first-order valence-corrected chi connectivity index (χ1v) is 10.4. The molecule has 0 bridgehead atoms. The lowest BCUT2D eigenvalue weighted by Crippen LogP contribution is -2.60. The molecule has 3 aliphatic rings. The van der Waals surface area contributed by atoms with Crippen LogP contribution in [0.25, 0.3) is 0 Å². The number of hydrogen-bond donors (Lipinski definition) is 1. The van der Waals surface area contributed by atoms with E-state index in [2.05, 4.69) is 11.5 Å². The highest BCUT2D eigenvalue weighted by molar-refractivity contribution is 5.76. The molecule has 0 unspecified atom stereocenters. The van der Waals surface area contributed by atoms with Crippen LogP contribution in [-0.2, 0) is 4.79 Å². The van der Waals surface area contributed by atoms with Gasteiger partial charge in [0.2, 0.25) is 5.91 Å². The molecule has 4 nitrogen and oxygen atoms in total. The third-order valence-electron chi connectivity index (χ3n) is 6.73. The molecule has 1 saturated carbocycles. The van der Waals surface area contributed by atoms with Gasteiger partial charge in [-0.3, -0.25) is 4.79 Å². The van der Waals surface area contributed by atoms with E-state index in [1.165, 1.54) is 38.6 Å². The van der Waals surface area contributed by atoms with Crippen molar-refractivity contribution in [3.05, 3.63) is 12.7 Å². The van der Waals surface area contributed by atoms with Crippen LogP contribution in [0.15, 0.2) is 12.7 Å². The predicted octanol–water partition coefficient (Wildman–Crippen LogP) is 3.21. The average Bonchev–Trinajstić information content (AvgIpc) is 2.64. The molecular formula is C21H36N2O2. The van der Waals surface area contributed by atoms with E-state index in [0.29, 0.717) is 6.42 Å². The van der Waals surface area contributed by atoms with Crippen LogP contribution in [0.5, 0.6) is 0 Å².